The van der Waals surface area contributed by atoms with Crippen LogP contribution >= 0.6 is 0 Å². The highest BCUT2D eigenvalue weighted by Gasteiger charge is 2.35. The minimum Gasteiger partial charge on any atom is -0.480 e. The van der Waals surface area contributed by atoms with Crippen molar-refractivity contribution in [3.63, 3.8) is 0 Å². The molecule has 10 heteroatoms. The highest BCUT2D eigenvalue weighted by Crippen LogP contribution is 2.29. The van der Waals surface area contributed by atoms with Gasteiger partial charge in [-0.2, -0.15) is 13.2 Å². The molecule has 1 aromatic carbocycles. The number of nitrogens with one attached hydrogen (secondary N) is 2. The number of rotatable bonds is 7. The first-order valence-corrected chi connectivity index (χ1v) is 9.29. The summed E-state index contributed by atoms with van der Waals surface area (Å²) in [5, 5.41) is 14.0. The molecular formula is C20H27F3N2O5. The Morgan fingerprint density at radius 2 is 1.60 bits per heavy atom. The molecule has 1 unspecified atom stereocenters. The normalized spacial score (nSPS) is 14.0. The minimum absolute atomic E-state index is 0.0507. The van der Waals surface area contributed by atoms with Crippen LogP contribution < -0.4 is 10.6 Å². The predicted octanol–water partition coefficient (Wildman–Crippen LogP) is 4.28. The fraction of sp³-hybridized carbons (Fsp3) is 0.550. The molecule has 168 valence electrons. The van der Waals surface area contributed by atoms with Gasteiger partial charge in [-0.3, -0.25) is 10.1 Å². The number of hydrogen-bond acceptors (Lipinski definition) is 4. The van der Waals surface area contributed by atoms with Gasteiger partial charge in [-0.05, 0) is 42.0 Å². The molecule has 2 amide bonds. The van der Waals surface area contributed by atoms with Gasteiger partial charge >= 0.3 is 18.2 Å². The second-order valence-electron chi connectivity index (χ2n) is 8.37. The number of aliphatic carboxylic acids is 1. The molecule has 0 aliphatic rings. The van der Waals surface area contributed by atoms with Crippen molar-refractivity contribution in [3.8, 4) is 0 Å². The van der Waals surface area contributed by atoms with Crippen LogP contribution in [-0.2, 0) is 20.5 Å². The fourth-order valence-corrected chi connectivity index (χ4v) is 2.54. The zero-order valence-electron chi connectivity index (χ0n) is 17.5. The Bertz CT molecular complexity index is 755. The average Bonchev–Trinajstić information content (AvgIpc) is 2.56. The van der Waals surface area contributed by atoms with Gasteiger partial charge in [0, 0.05) is 5.69 Å². The van der Waals surface area contributed by atoms with Gasteiger partial charge < -0.3 is 15.2 Å². The van der Waals surface area contributed by atoms with Crippen LogP contribution in [0.15, 0.2) is 24.3 Å². The molecule has 0 radical (unpaired) electrons. The Labute approximate surface area is 173 Å². The molecule has 0 heterocycles. The lowest BCUT2D eigenvalue weighted by molar-refractivity contribution is -0.146. The third kappa shape index (κ3) is 7.92. The van der Waals surface area contributed by atoms with Gasteiger partial charge in [-0.15, -0.1) is 0 Å². The molecule has 0 saturated carbocycles. The highest BCUT2D eigenvalue weighted by molar-refractivity contribution is 5.90. The lowest BCUT2D eigenvalue weighted by Crippen LogP contribution is -2.52. The zero-order valence-corrected chi connectivity index (χ0v) is 17.5. The molecule has 0 aliphatic heterocycles. The maximum atomic E-state index is 12.6. The van der Waals surface area contributed by atoms with E-state index in [1.165, 1.54) is 0 Å². The largest absolute Gasteiger partial charge is 0.480 e. The van der Waals surface area contributed by atoms with E-state index in [9.17, 15) is 32.7 Å². The Hall–Kier alpha value is -2.78. The first-order chi connectivity index (χ1) is 13.6. The summed E-state index contributed by atoms with van der Waals surface area (Å²) in [4.78, 5) is 36.2. The van der Waals surface area contributed by atoms with E-state index in [4.69, 9.17) is 4.74 Å². The number of amides is 2. The van der Waals surface area contributed by atoms with Crippen LogP contribution in [0.25, 0.3) is 0 Å². The molecule has 7 nitrogen and oxygen atoms in total. The number of anilines is 1. The van der Waals surface area contributed by atoms with Crippen LogP contribution in [0.3, 0.4) is 0 Å². The molecule has 30 heavy (non-hydrogen) atoms. The van der Waals surface area contributed by atoms with Crippen molar-refractivity contribution >= 4 is 23.7 Å². The molecule has 1 aromatic rings. The van der Waals surface area contributed by atoms with Crippen molar-refractivity contribution in [1.29, 1.82) is 0 Å². The van der Waals surface area contributed by atoms with Crippen LogP contribution in [0.5, 0.6) is 0 Å². The molecule has 0 aliphatic carbocycles. The van der Waals surface area contributed by atoms with E-state index in [2.05, 4.69) is 10.6 Å². The number of carboxylic acids is 1. The fourth-order valence-electron chi connectivity index (χ4n) is 2.54. The zero-order chi connectivity index (χ0) is 23.3. The smallest absolute Gasteiger partial charge is 0.416 e. The predicted molar refractivity (Wildman–Crippen MR) is 104 cm³/mol. The third-order valence-electron chi connectivity index (χ3n) is 4.09. The van der Waals surface area contributed by atoms with Crippen LogP contribution in [-0.4, -0.2) is 35.2 Å². The molecule has 0 aromatic heterocycles. The summed E-state index contributed by atoms with van der Waals surface area (Å²) >= 11 is 0. The van der Waals surface area contributed by atoms with Crippen molar-refractivity contribution in [2.75, 3.05) is 5.32 Å². The molecule has 2 atom stereocenters. The quantitative estimate of drug-likeness (QED) is 0.596. The summed E-state index contributed by atoms with van der Waals surface area (Å²) in [6.07, 6.45) is -6.70. The van der Waals surface area contributed by atoms with Crippen molar-refractivity contribution in [2.24, 2.45) is 11.3 Å². The Kier molecular flexibility index (Phi) is 8.26. The lowest BCUT2D eigenvalue weighted by atomic mass is 9.86. The van der Waals surface area contributed by atoms with E-state index < -0.39 is 47.3 Å². The summed E-state index contributed by atoms with van der Waals surface area (Å²) < 4.78 is 43.0. The number of benzene rings is 1. The van der Waals surface area contributed by atoms with Crippen LogP contribution in [0.2, 0.25) is 0 Å². The van der Waals surface area contributed by atoms with E-state index in [1.807, 2.05) is 0 Å². The van der Waals surface area contributed by atoms with E-state index >= 15 is 0 Å². The number of ether oxygens (including phenoxy) is 1. The highest BCUT2D eigenvalue weighted by atomic mass is 19.4. The SMILES string of the molecule is CC(C)C[C@H](OC(=O)Nc1ccc(C(F)(F)F)cc1)C(=O)NC(C(=O)O)C(C)(C)C. The second-order valence-corrected chi connectivity index (χ2v) is 8.37. The number of alkyl halides is 3. The van der Waals surface area contributed by atoms with E-state index in [0.29, 0.717) is 0 Å². The lowest BCUT2D eigenvalue weighted by Gasteiger charge is -2.29. The number of carboxylic acid groups (broad SMARTS) is 1. The number of hydrogen-bond donors (Lipinski definition) is 3. The molecule has 0 fully saturated rings. The summed E-state index contributed by atoms with van der Waals surface area (Å²) in [5.41, 5.74) is -1.61. The summed E-state index contributed by atoms with van der Waals surface area (Å²) in [6.45, 7) is 8.50. The van der Waals surface area contributed by atoms with E-state index in [0.717, 1.165) is 24.3 Å². The molecule has 0 saturated heterocycles. The maximum Gasteiger partial charge on any atom is 0.416 e. The van der Waals surface area contributed by atoms with Crippen molar-refractivity contribution in [2.45, 2.75) is 59.4 Å². The molecule has 1 rings (SSSR count). The van der Waals surface area contributed by atoms with Gasteiger partial charge in [0.05, 0.1) is 5.56 Å². The molecule has 3 N–H and O–H groups in total. The topological polar surface area (TPSA) is 105 Å². The molecular weight excluding hydrogens is 405 g/mol. The standard InChI is InChI=1S/C20H27F3N2O5/c1-11(2)10-14(16(26)25-15(17(27)28)19(3,4)5)30-18(29)24-13-8-6-12(7-9-13)20(21,22)23/h6-9,11,14-15H,10H2,1-5H3,(H,24,29)(H,25,26)(H,27,28)/t14-,15?/m0/s1. The first kappa shape index (κ1) is 25.3. The number of carbonyl (C=O) groups is 3. The van der Waals surface area contributed by atoms with Gasteiger partial charge in [0.15, 0.2) is 6.10 Å². The Morgan fingerprint density at radius 3 is 2.00 bits per heavy atom. The third-order valence-corrected chi connectivity index (χ3v) is 4.09. The van der Waals surface area contributed by atoms with Gasteiger partial charge in [0.25, 0.3) is 5.91 Å². The minimum atomic E-state index is -4.51. The summed E-state index contributed by atoms with van der Waals surface area (Å²) in [6, 6.07) is 2.51. The van der Waals surface area contributed by atoms with E-state index in [1.54, 1.807) is 34.6 Å². The molecule has 0 spiro atoms. The van der Waals surface area contributed by atoms with Crippen molar-refractivity contribution < 1.29 is 37.4 Å². The number of carbonyl (C=O) groups excluding carboxylic acids is 2. The van der Waals surface area contributed by atoms with Gasteiger partial charge in [0.2, 0.25) is 0 Å². The van der Waals surface area contributed by atoms with Crippen molar-refractivity contribution in [1.82, 2.24) is 5.32 Å². The number of halogens is 3. The maximum absolute atomic E-state index is 12.6. The Morgan fingerprint density at radius 1 is 1.07 bits per heavy atom. The summed E-state index contributed by atoms with van der Waals surface area (Å²) in [5.74, 6) is -2.06. The van der Waals surface area contributed by atoms with Gasteiger partial charge in [-0.1, -0.05) is 34.6 Å². The average molecular weight is 432 g/mol. The second kappa shape index (κ2) is 9.82. The summed E-state index contributed by atoms with van der Waals surface area (Å²) in [7, 11) is 0. The monoisotopic (exact) mass is 432 g/mol. The van der Waals surface area contributed by atoms with E-state index in [-0.39, 0.29) is 18.0 Å². The van der Waals surface area contributed by atoms with Gasteiger partial charge in [-0.25, -0.2) is 9.59 Å². The van der Waals surface area contributed by atoms with Gasteiger partial charge in [0.1, 0.15) is 6.04 Å². The Balaban J connectivity index is 2.87. The van der Waals surface area contributed by atoms with Crippen LogP contribution in [0.1, 0.15) is 46.6 Å². The van der Waals surface area contributed by atoms with Crippen LogP contribution in [0.4, 0.5) is 23.7 Å². The first-order valence-electron chi connectivity index (χ1n) is 9.29. The van der Waals surface area contributed by atoms with Crippen LogP contribution in [0, 0.1) is 11.3 Å². The molecule has 0 bridgehead atoms. The van der Waals surface area contributed by atoms with Crippen molar-refractivity contribution in [3.05, 3.63) is 29.8 Å².